The summed E-state index contributed by atoms with van der Waals surface area (Å²) in [6.45, 7) is 7.38. The Morgan fingerprint density at radius 1 is 1.06 bits per heavy atom. The molecule has 1 nitrogen and oxygen atoms in total. The molecule has 0 saturated heterocycles. The van der Waals surface area contributed by atoms with E-state index in [1.165, 1.54) is 27.8 Å². The molecule has 0 aromatic heterocycles. The van der Waals surface area contributed by atoms with Crippen LogP contribution in [0, 0.1) is 13.8 Å². The third-order valence-electron chi connectivity index (χ3n) is 3.59. The number of hydrogen-bond donors (Lipinski definition) is 0. The molecule has 3 aliphatic rings. The maximum atomic E-state index is 5.73. The number of ether oxygens (including phenoxy) is 1. The molecule has 0 aromatic carbocycles. The molecule has 0 spiro atoms. The van der Waals surface area contributed by atoms with Crippen LogP contribution in [0.1, 0.15) is 29.5 Å². The van der Waals surface area contributed by atoms with Gasteiger partial charge in [-0.1, -0.05) is 19.1 Å². The zero-order chi connectivity index (χ0) is 11.3. The summed E-state index contributed by atoms with van der Waals surface area (Å²) in [7, 11) is 0. The smallest absolute Gasteiger partial charge is 0.123 e. The first-order chi connectivity index (χ1) is 7.66. The summed E-state index contributed by atoms with van der Waals surface area (Å²) in [5, 5.41) is 0. The van der Waals surface area contributed by atoms with Crippen LogP contribution in [0.3, 0.4) is 0 Å². The van der Waals surface area contributed by atoms with Gasteiger partial charge in [0, 0.05) is 11.5 Å². The molecule has 0 unspecified atom stereocenters. The summed E-state index contributed by atoms with van der Waals surface area (Å²) in [6, 6.07) is 8.90. The molecule has 0 amide bonds. The van der Waals surface area contributed by atoms with Crippen LogP contribution in [0.15, 0.2) is 24.3 Å². The van der Waals surface area contributed by atoms with Gasteiger partial charge in [-0.2, -0.15) is 0 Å². The van der Waals surface area contributed by atoms with Crippen molar-refractivity contribution in [2.75, 3.05) is 6.61 Å². The average molecular weight is 212 g/mol. The van der Waals surface area contributed by atoms with Gasteiger partial charge in [0.1, 0.15) is 5.75 Å². The lowest BCUT2D eigenvalue weighted by atomic mass is 10.0. The molecule has 0 bridgehead atoms. The van der Waals surface area contributed by atoms with Crippen LogP contribution in [0.25, 0.3) is 11.1 Å². The lowest BCUT2D eigenvalue weighted by Crippen LogP contribution is -1.94. The minimum atomic E-state index is 0.513. The summed E-state index contributed by atoms with van der Waals surface area (Å²) in [5.74, 6) is 1.58. The molecule has 2 aliphatic carbocycles. The minimum Gasteiger partial charge on any atom is -0.493 e. The van der Waals surface area contributed by atoms with Crippen molar-refractivity contribution in [2.45, 2.75) is 26.7 Å². The van der Waals surface area contributed by atoms with E-state index in [-0.39, 0.29) is 0 Å². The Morgan fingerprint density at radius 3 is 2.69 bits per heavy atom. The molecule has 1 heterocycles. The lowest BCUT2D eigenvalue weighted by molar-refractivity contribution is 0.337. The number of hydrogen-bond acceptors (Lipinski definition) is 1. The normalized spacial score (nSPS) is 18.6. The summed E-state index contributed by atoms with van der Waals surface area (Å²) < 4.78 is 5.73. The second-order valence-corrected chi connectivity index (χ2v) is 4.85. The van der Waals surface area contributed by atoms with Crippen LogP contribution >= 0.6 is 0 Å². The van der Waals surface area contributed by atoms with Crippen LogP contribution in [0.5, 0.6) is 5.75 Å². The Morgan fingerprint density at radius 2 is 1.88 bits per heavy atom. The van der Waals surface area contributed by atoms with E-state index in [9.17, 15) is 0 Å². The van der Waals surface area contributed by atoms with Crippen LogP contribution in [-0.4, -0.2) is 6.61 Å². The molecule has 1 aliphatic heterocycles. The molecule has 0 aromatic rings. The Hall–Kier alpha value is -1.50. The first-order valence-electron chi connectivity index (χ1n) is 5.83. The van der Waals surface area contributed by atoms with Gasteiger partial charge in [0.25, 0.3) is 0 Å². The summed E-state index contributed by atoms with van der Waals surface area (Å²) in [5.41, 5.74) is 6.74. The van der Waals surface area contributed by atoms with Crippen molar-refractivity contribution in [3.8, 4) is 16.9 Å². The average Bonchev–Trinajstić information content (AvgIpc) is 2.72. The minimum absolute atomic E-state index is 0.513. The zero-order valence-electron chi connectivity index (χ0n) is 10.0. The van der Waals surface area contributed by atoms with E-state index >= 15 is 0 Å². The Labute approximate surface area is 96.4 Å². The summed E-state index contributed by atoms with van der Waals surface area (Å²) >= 11 is 0. The van der Waals surface area contributed by atoms with Gasteiger partial charge in [0.15, 0.2) is 0 Å². The first-order valence-corrected chi connectivity index (χ1v) is 5.83. The maximum Gasteiger partial charge on any atom is 0.123 e. The lowest BCUT2D eigenvalue weighted by Gasteiger charge is -2.01. The second-order valence-electron chi connectivity index (χ2n) is 4.85. The van der Waals surface area contributed by atoms with Crippen molar-refractivity contribution < 1.29 is 4.74 Å². The van der Waals surface area contributed by atoms with Crippen molar-refractivity contribution in [1.29, 1.82) is 0 Å². The highest BCUT2D eigenvalue weighted by Gasteiger charge is 2.22. The van der Waals surface area contributed by atoms with Gasteiger partial charge in [0.05, 0.1) is 6.61 Å². The predicted molar refractivity (Wildman–Crippen MR) is 66.4 cm³/mol. The second kappa shape index (κ2) is 3.24. The van der Waals surface area contributed by atoms with Crippen LogP contribution in [-0.2, 0) is 0 Å². The maximum absolute atomic E-state index is 5.73. The largest absolute Gasteiger partial charge is 0.493 e. The molecular weight excluding hydrogens is 196 g/mol. The quantitative estimate of drug-likeness (QED) is 0.643. The van der Waals surface area contributed by atoms with Crippen LogP contribution in [0.2, 0.25) is 0 Å². The molecule has 3 rings (SSSR count). The van der Waals surface area contributed by atoms with Crippen molar-refractivity contribution in [3.05, 3.63) is 41.0 Å². The Balaban J connectivity index is 2.36. The molecule has 0 saturated carbocycles. The predicted octanol–water partition coefficient (Wildman–Crippen LogP) is 3.90. The van der Waals surface area contributed by atoms with E-state index in [2.05, 4.69) is 45.0 Å². The van der Waals surface area contributed by atoms with Crippen LogP contribution < -0.4 is 4.74 Å². The van der Waals surface area contributed by atoms with Gasteiger partial charge in [-0.05, 0) is 48.2 Å². The van der Waals surface area contributed by atoms with Gasteiger partial charge in [-0.3, -0.25) is 0 Å². The highest BCUT2D eigenvalue weighted by molar-refractivity contribution is 5.75. The standard InChI is InChI=1S/C15H16O/c1-9-4-5-12-10(2)6-15-14(7-13(9)12)11(3)8-16-15/h4-7,11H,8H2,1-3H3/t11-/m0/s1. The number of rotatable bonds is 0. The molecule has 0 fully saturated rings. The van der Waals surface area contributed by atoms with E-state index in [4.69, 9.17) is 4.74 Å². The monoisotopic (exact) mass is 212 g/mol. The molecule has 0 radical (unpaired) electrons. The van der Waals surface area contributed by atoms with Gasteiger partial charge in [0.2, 0.25) is 0 Å². The zero-order valence-corrected chi connectivity index (χ0v) is 10.0. The van der Waals surface area contributed by atoms with E-state index in [0.29, 0.717) is 5.92 Å². The molecule has 16 heavy (non-hydrogen) atoms. The topological polar surface area (TPSA) is 9.23 Å². The fraction of sp³-hybridized carbons (Fsp3) is 0.333. The molecule has 1 atom stereocenters. The van der Waals surface area contributed by atoms with E-state index in [1.807, 2.05) is 0 Å². The van der Waals surface area contributed by atoms with Crippen molar-refractivity contribution >= 4 is 0 Å². The highest BCUT2D eigenvalue weighted by Crippen LogP contribution is 2.39. The fourth-order valence-corrected chi connectivity index (χ4v) is 2.53. The van der Waals surface area contributed by atoms with Gasteiger partial charge >= 0.3 is 0 Å². The van der Waals surface area contributed by atoms with Crippen molar-refractivity contribution in [3.63, 3.8) is 0 Å². The number of aryl methyl sites for hydroxylation is 2. The molecule has 82 valence electrons. The van der Waals surface area contributed by atoms with Crippen molar-refractivity contribution in [2.24, 2.45) is 0 Å². The first kappa shape index (κ1) is 9.71. The highest BCUT2D eigenvalue weighted by atomic mass is 16.5. The SMILES string of the molecule is Cc1cc2c(cc3c(C)ccc1-3)[C@@H](C)CO2. The molecular formula is C15H16O. The van der Waals surface area contributed by atoms with Gasteiger partial charge < -0.3 is 4.74 Å². The van der Waals surface area contributed by atoms with Crippen molar-refractivity contribution in [1.82, 2.24) is 0 Å². The Bertz CT molecular complexity index is 528. The van der Waals surface area contributed by atoms with E-state index in [0.717, 1.165) is 12.4 Å². The molecule has 0 N–H and O–H groups in total. The number of fused-ring (bicyclic) bond motifs is 2. The Kier molecular flexibility index (Phi) is 1.97. The fourth-order valence-electron chi connectivity index (χ4n) is 2.53. The van der Waals surface area contributed by atoms with E-state index in [1.54, 1.807) is 0 Å². The summed E-state index contributed by atoms with van der Waals surface area (Å²) in [6.07, 6.45) is 0. The molecule has 1 heteroatoms. The van der Waals surface area contributed by atoms with Gasteiger partial charge in [-0.15, -0.1) is 0 Å². The van der Waals surface area contributed by atoms with Gasteiger partial charge in [-0.25, -0.2) is 0 Å². The summed E-state index contributed by atoms with van der Waals surface area (Å²) in [4.78, 5) is 0. The van der Waals surface area contributed by atoms with Crippen LogP contribution in [0.4, 0.5) is 0 Å². The van der Waals surface area contributed by atoms with E-state index < -0.39 is 0 Å². The third-order valence-corrected chi connectivity index (χ3v) is 3.59. The third kappa shape index (κ3) is 1.24.